The van der Waals surface area contributed by atoms with Gasteiger partial charge < -0.3 is 0 Å². The lowest BCUT2D eigenvalue weighted by Crippen LogP contribution is -2.28. The van der Waals surface area contributed by atoms with Gasteiger partial charge in [0.25, 0.3) is 0 Å². The van der Waals surface area contributed by atoms with Crippen molar-refractivity contribution in [3.05, 3.63) is 32.7 Å². The Labute approximate surface area is 102 Å². The van der Waals surface area contributed by atoms with Crippen molar-refractivity contribution >= 4 is 22.7 Å². The molecule has 0 aliphatic rings. The van der Waals surface area contributed by atoms with Crippen molar-refractivity contribution in [3.8, 4) is 0 Å². The third kappa shape index (κ3) is 2.63. The van der Waals surface area contributed by atoms with Crippen molar-refractivity contribution in [3.63, 3.8) is 0 Å². The first kappa shape index (κ1) is 12.4. The Hall–Kier alpha value is -1.03. The number of alkyl halides is 3. The molecule has 0 radical (unpaired) electrons. The van der Waals surface area contributed by atoms with Gasteiger partial charge in [-0.05, 0) is 0 Å². The molecule has 92 valence electrons. The Morgan fingerprint density at radius 2 is 2.12 bits per heavy atom. The van der Waals surface area contributed by atoms with Crippen LogP contribution in [0.25, 0.3) is 0 Å². The zero-order valence-electron chi connectivity index (χ0n) is 8.23. The Balaban J connectivity index is 2.30. The molecule has 0 amide bonds. The molecule has 1 unspecified atom stereocenters. The van der Waals surface area contributed by atoms with E-state index in [1.54, 1.807) is 10.9 Å². The molecular weight excluding hydrogens is 273 g/mol. The van der Waals surface area contributed by atoms with Crippen LogP contribution in [0, 0.1) is 0 Å². The number of nitrogens with two attached hydrogens (primary N) is 1. The average Bonchev–Trinajstić information content (AvgIpc) is 2.87. The summed E-state index contributed by atoms with van der Waals surface area (Å²) >= 11 is 1.90. The Morgan fingerprint density at radius 1 is 1.35 bits per heavy atom. The predicted molar refractivity (Wildman–Crippen MR) is 58.4 cm³/mol. The summed E-state index contributed by atoms with van der Waals surface area (Å²) in [5, 5.41) is 0.834. The van der Waals surface area contributed by atoms with E-state index in [4.69, 9.17) is 5.84 Å². The highest BCUT2D eigenvalue weighted by Gasteiger charge is 2.35. The molecule has 2 heterocycles. The molecule has 0 bridgehead atoms. The van der Waals surface area contributed by atoms with E-state index in [-0.39, 0.29) is 0 Å². The summed E-state index contributed by atoms with van der Waals surface area (Å²) in [5.74, 6) is 5.33. The third-order valence-corrected chi connectivity index (χ3v) is 3.68. The summed E-state index contributed by atoms with van der Waals surface area (Å²) in [4.78, 5) is 7.73. The third-order valence-electron chi connectivity index (χ3n) is 1.96. The summed E-state index contributed by atoms with van der Waals surface area (Å²) < 4.78 is 37.2. The Bertz CT molecular complexity index is 479. The van der Waals surface area contributed by atoms with E-state index in [0.29, 0.717) is 21.9 Å². The number of hydrogen-bond acceptors (Lipinski definition) is 6. The molecule has 2 aromatic heterocycles. The van der Waals surface area contributed by atoms with E-state index in [1.165, 1.54) is 11.3 Å². The SMILES string of the molecule is NNC(c1cscn1)c1cnc(C(F)(F)F)s1. The molecule has 9 heteroatoms. The van der Waals surface area contributed by atoms with Crippen LogP contribution in [0.4, 0.5) is 13.2 Å². The van der Waals surface area contributed by atoms with Gasteiger partial charge in [-0.15, -0.1) is 22.7 Å². The first-order chi connectivity index (χ1) is 8.02. The zero-order valence-corrected chi connectivity index (χ0v) is 9.86. The van der Waals surface area contributed by atoms with Crippen molar-refractivity contribution in [2.45, 2.75) is 12.2 Å². The molecule has 2 aromatic rings. The highest BCUT2D eigenvalue weighted by molar-refractivity contribution is 7.11. The Morgan fingerprint density at radius 3 is 2.59 bits per heavy atom. The van der Waals surface area contributed by atoms with Gasteiger partial charge in [-0.1, -0.05) is 0 Å². The number of hydrogen-bond donors (Lipinski definition) is 2. The lowest BCUT2D eigenvalue weighted by atomic mass is 10.2. The van der Waals surface area contributed by atoms with E-state index in [0.717, 1.165) is 6.20 Å². The lowest BCUT2D eigenvalue weighted by molar-refractivity contribution is -0.137. The van der Waals surface area contributed by atoms with Gasteiger partial charge in [-0.2, -0.15) is 13.2 Å². The first-order valence-electron chi connectivity index (χ1n) is 4.39. The molecule has 2 rings (SSSR count). The monoisotopic (exact) mass is 280 g/mol. The summed E-state index contributed by atoms with van der Waals surface area (Å²) in [6.45, 7) is 0. The first-order valence-corrected chi connectivity index (χ1v) is 6.15. The number of aromatic nitrogens is 2. The zero-order chi connectivity index (χ0) is 12.5. The van der Waals surface area contributed by atoms with Gasteiger partial charge in [0.15, 0.2) is 5.01 Å². The highest BCUT2D eigenvalue weighted by Crippen LogP contribution is 2.35. The topological polar surface area (TPSA) is 63.8 Å². The number of rotatable bonds is 3. The highest BCUT2D eigenvalue weighted by atomic mass is 32.1. The molecule has 1 atom stereocenters. The molecule has 0 spiro atoms. The van der Waals surface area contributed by atoms with Crippen LogP contribution in [0.3, 0.4) is 0 Å². The van der Waals surface area contributed by atoms with Gasteiger partial charge in [0.1, 0.15) is 0 Å². The normalized spacial score (nSPS) is 13.9. The maximum Gasteiger partial charge on any atom is 0.443 e. The molecule has 0 saturated carbocycles. The maximum atomic E-state index is 12.4. The van der Waals surface area contributed by atoms with Crippen LogP contribution in [0.5, 0.6) is 0 Å². The van der Waals surface area contributed by atoms with E-state index in [1.807, 2.05) is 0 Å². The van der Waals surface area contributed by atoms with Gasteiger partial charge in [0, 0.05) is 16.5 Å². The second-order valence-electron chi connectivity index (χ2n) is 3.08. The minimum absolute atomic E-state index is 0.380. The summed E-state index contributed by atoms with van der Waals surface area (Å²) in [5.41, 5.74) is 4.60. The molecule has 3 N–H and O–H groups in total. The largest absolute Gasteiger partial charge is 0.443 e. The molecule has 0 fully saturated rings. The van der Waals surface area contributed by atoms with E-state index in [2.05, 4.69) is 15.4 Å². The second-order valence-corrected chi connectivity index (χ2v) is 4.86. The smallest absolute Gasteiger partial charge is 0.270 e. The van der Waals surface area contributed by atoms with Crippen LogP contribution in [0.15, 0.2) is 17.1 Å². The fourth-order valence-electron chi connectivity index (χ4n) is 1.23. The maximum absolute atomic E-state index is 12.4. The summed E-state index contributed by atoms with van der Waals surface area (Å²) in [6.07, 6.45) is -3.26. The van der Waals surface area contributed by atoms with Crippen LogP contribution in [0.1, 0.15) is 21.6 Å². The van der Waals surface area contributed by atoms with Crippen molar-refractivity contribution in [2.75, 3.05) is 0 Å². The van der Waals surface area contributed by atoms with Gasteiger partial charge in [-0.25, -0.2) is 15.4 Å². The fourth-order valence-corrected chi connectivity index (χ4v) is 2.67. The lowest BCUT2D eigenvalue weighted by Gasteiger charge is -2.10. The molecule has 4 nitrogen and oxygen atoms in total. The standard InChI is InChI=1S/C8H7F3N4S2/c9-8(10,11)7-13-1-5(17-7)6(15-12)4-2-16-3-14-4/h1-3,6,15H,12H2. The number of thiazole rings is 2. The van der Waals surface area contributed by atoms with Crippen molar-refractivity contribution in [1.29, 1.82) is 0 Å². The number of nitrogens with zero attached hydrogens (tertiary/aromatic N) is 2. The van der Waals surface area contributed by atoms with Gasteiger partial charge in [0.05, 0.1) is 17.2 Å². The van der Waals surface area contributed by atoms with Gasteiger partial charge >= 0.3 is 6.18 Å². The van der Waals surface area contributed by atoms with E-state index < -0.39 is 17.2 Å². The molecule has 0 saturated heterocycles. The van der Waals surface area contributed by atoms with Crippen molar-refractivity contribution in [2.24, 2.45) is 5.84 Å². The quantitative estimate of drug-likeness (QED) is 0.668. The fraction of sp³-hybridized carbons (Fsp3) is 0.250. The van der Waals surface area contributed by atoms with Crippen LogP contribution in [-0.4, -0.2) is 9.97 Å². The van der Waals surface area contributed by atoms with Crippen LogP contribution in [0.2, 0.25) is 0 Å². The van der Waals surface area contributed by atoms with Crippen molar-refractivity contribution in [1.82, 2.24) is 15.4 Å². The van der Waals surface area contributed by atoms with E-state index in [9.17, 15) is 13.2 Å². The van der Waals surface area contributed by atoms with Crippen LogP contribution >= 0.6 is 22.7 Å². The second kappa shape index (κ2) is 4.69. The van der Waals surface area contributed by atoms with E-state index >= 15 is 0 Å². The van der Waals surface area contributed by atoms with Crippen LogP contribution < -0.4 is 11.3 Å². The summed E-state index contributed by atoms with van der Waals surface area (Å²) in [7, 11) is 0. The predicted octanol–water partition coefficient (Wildman–Crippen LogP) is 2.17. The molecular formula is C8H7F3N4S2. The Kier molecular flexibility index (Phi) is 3.43. The number of hydrazine groups is 1. The minimum atomic E-state index is -4.43. The molecule has 0 aliphatic carbocycles. The molecule has 0 aromatic carbocycles. The molecule has 17 heavy (non-hydrogen) atoms. The van der Waals surface area contributed by atoms with Crippen LogP contribution in [-0.2, 0) is 6.18 Å². The van der Waals surface area contributed by atoms with Crippen molar-refractivity contribution < 1.29 is 13.2 Å². The number of nitrogens with one attached hydrogen (secondary N) is 1. The summed E-state index contributed by atoms with van der Waals surface area (Å²) in [6, 6.07) is -0.560. The molecule has 0 aliphatic heterocycles. The average molecular weight is 280 g/mol. The van der Waals surface area contributed by atoms with Gasteiger partial charge in [-0.3, -0.25) is 5.84 Å². The number of halogens is 3. The van der Waals surface area contributed by atoms with Gasteiger partial charge in [0.2, 0.25) is 0 Å². The minimum Gasteiger partial charge on any atom is -0.270 e.